The van der Waals surface area contributed by atoms with Gasteiger partial charge < -0.3 is 0 Å². The quantitative estimate of drug-likeness (QED) is 0.595. The Morgan fingerprint density at radius 2 is 1.65 bits per heavy atom. The van der Waals surface area contributed by atoms with Gasteiger partial charge in [-0.15, -0.1) is 0 Å². The van der Waals surface area contributed by atoms with E-state index in [1.165, 1.54) is 22.3 Å². The highest BCUT2D eigenvalue weighted by molar-refractivity contribution is 7.55. The van der Waals surface area contributed by atoms with Gasteiger partial charge in [0.15, 0.2) is 0 Å². The second-order valence-electron chi connectivity index (χ2n) is 5.29. The lowest BCUT2D eigenvalue weighted by molar-refractivity contribution is 0.225. The van der Waals surface area contributed by atoms with Crippen LogP contribution in [0.3, 0.4) is 0 Å². The molecule has 2 aromatic carbocycles. The lowest BCUT2D eigenvalue weighted by Crippen LogP contribution is -2.05. The van der Waals surface area contributed by atoms with Crippen molar-refractivity contribution in [2.24, 2.45) is 0 Å². The molecule has 0 spiro atoms. The summed E-state index contributed by atoms with van der Waals surface area (Å²) in [5.74, 6) is 0. The van der Waals surface area contributed by atoms with Crippen LogP contribution >= 0.6 is 19.3 Å². The van der Waals surface area contributed by atoms with Crippen molar-refractivity contribution in [3.8, 4) is 11.1 Å². The van der Waals surface area contributed by atoms with Crippen molar-refractivity contribution in [2.45, 2.75) is 20.3 Å². The molecule has 0 heterocycles. The van der Waals surface area contributed by atoms with E-state index >= 15 is 0 Å². The van der Waals surface area contributed by atoms with Gasteiger partial charge in [-0.1, -0.05) is 23.7 Å². The minimum absolute atomic E-state index is 0.319. The molecule has 0 amide bonds. The summed E-state index contributed by atoms with van der Waals surface area (Å²) in [7, 11) is -3.32. The molecule has 0 radical (unpaired) electrons. The Labute approximate surface area is 141 Å². The Balaban J connectivity index is 1.87. The third kappa shape index (κ3) is 3.46. The zero-order valence-corrected chi connectivity index (χ0v) is 14.8. The molecule has 0 aromatic heterocycles. The van der Waals surface area contributed by atoms with Gasteiger partial charge in [-0.3, -0.25) is 14.1 Å². The molecular formula is C17H19ClNO3P. The van der Waals surface area contributed by atoms with Crippen LogP contribution in [-0.2, 0) is 20.0 Å². The summed E-state index contributed by atoms with van der Waals surface area (Å²) in [4.78, 5) is 0. The molecule has 0 bridgehead atoms. The number of fused-ring (bicyclic) bond motifs is 3. The predicted octanol–water partition coefficient (Wildman–Crippen LogP) is 5.50. The van der Waals surface area contributed by atoms with Crippen molar-refractivity contribution in [3.63, 3.8) is 0 Å². The highest BCUT2D eigenvalue weighted by atomic mass is 35.5. The van der Waals surface area contributed by atoms with Crippen molar-refractivity contribution in [1.29, 1.82) is 0 Å². The molecule has 0 saturated heterocycles. The van der Waals surface area contributed by atoms with E-state index in [0.717, 1.165) is 17.1 Å². The van der Waals surface area contributed by atoms with Crippen LogP contribution in [0.25, 0.3) is 11.1 Å². The summed E-state index contributed by atoms with van der Waals surface area (Å²) in [5, 5.41) is 3.65. The highest BCUT2D eigenvalue weighted by Gasteiger charge is 2.25. The molecule has 0 fully saturated rings. The summed E-state index contributed by atoms with van der Waals surface area (Å²) in [6.45, 7) is 4.21. The van der Waals surface area contributed by atoms with Crippen LogP contribution in [0, 0.1) is 0 Å². The van der Waals surface area contributed by atoms with Crippen LogP contribution in [0.2, 0.25) is 5.02 Å². The Morgan fingerprint density at radius 1 is 1.04 bits per heavy atom. The first-order valence-corrected chi connectivity index (χ1v) is 9.56. The number of nitrogens with one attached hydrogen (secondary N) is 1. The number of rotatable bonds is 6. The molecule has 6 heteroatoms. The van der Waals surface area contributed by atoms with Gasteiger partial charge in [-0.05, 0) is 66.8 Å². The topological polar surface area (TPSA) is 47.6 Å². The molecule has 0 saturated carbocycles. The zero-order valence-electron chi connectivity index (χ0n) is 13.1. The van der Waals surface area contributed by atoms with Gasteiger partial charge >= 0.3 is 7.75 Å². The molecule has 122 valence electrons. The number of hydrogen-bond donors (Lipinski definition) is 1. The first kappa shape index (κ1) is 16.5. The summed E-state index contributed by atoms with van der Waals surface area (Å²) < 4.78 is 23.1. The van der Waals surface area contributed by atoms with E-state index in [1.807, 2.05) is 36.4 Å². The van der Waals surface area contributed by atoms with Crippen LogP contribution in [0.15, 0.2) is 36.4 Å². The van der Waals surface area contributed by atoms with Crippen molar-refractivity contribution in [3.05, 3.63) is 52.5 Å². The van der Waals surface area contributed by atoms with E-state index in [2.05, 4.69) is 5.09 Å². The van der Waals surface area contributed by atoms with Gasteiger partial charge in [0.05, 0.1) is 13.2 Å². The number of anilines is 1. The number of benzene rings is 2. The van der Waals surface area contributed by atoms with Crippen LogP contribution in [0.1, 0.15) is 25.0 Å². The number of hydrogen-bond acceptors (Lipinski definition) is 3. The average Bonchev–Trinajstić information content (AvgIpc) is 2.83. The fourth-order valence-electron chi connectivity index (χ4n) is 2.85. The molecular weight excluding hydrogens is 333 g/mol. The van der Waals surface area contributed by atoms with E-state index in [0.29, 0.717) is 13.2 Å². The minimum atomic E-state index is -3.32. The standard InChI is InChI=1S/C17H19ClNO3P/c1-3-21-23(20,22-4-2)19-15-6-8-17-13(11-15)9-12-10-14(18)5-7-16(12)17/h5-8,10-11H,3-4,9H2,1-2H3,(H,19,20). The van der Waals surface area contributed by atoms with Gasteiger partial charge in [-0.25, -0.2) is 4.57 Å². The maximum absolute atomic E-state index is 12.6. The molecule has 3 rings (SSSR count). The summed E-state index contributed by atoms with van der Waals surface area (Å²) in [6.07, 6.45) is 0.814. The molecule has 1 N–H and O–H groups in total. The Hall–Kier alpha value is -1.32. The third-order valence-corrected chi connectivity index (χ3v) is 5.67. The van der Waals surface area contributed by atoms with E-state index in [4.69, 9.17) is 20.6 Å². The van der Waals surface area contributed by atoms with Crippen LogP contribution in [0.4, 0.5) is 5.69 Å². The molecule has 4 nitrogen and oxygen atoms in total. The third-order valence-electron chi connectivity index (χ3n) is 3.71. The van der Waals surface area contributed by atoms with Crippen molar-refractivity contribution >= 4 is 25.0 Å². The molecule has 0 aliphatic heterocycles. The van der Waals surface area contributed by atoms with Crippen molar-refractivity contribution in [1.82, 2.24) is 0 Å². The summed E-state index contributed by atoms with van der Waals surface area (Å²) in [5.41, 5.74) is 5.50. The summed E-state index contributed by atoms with van der Waals surface area (Å²) >= 11 is 6.07. The minimum Gasteiger partial charge on any atom is -0.293 e. The molecule has 0 atom stereocenters. The normalized spacial score (nSPS) is 12.8. The van der Waals surface area contributed by atoms with Crippen LogP contribution in [0.5, 0.6) is 0 Å². The Kier molecular flexibility index (Phi) is 4.79. The van der Waals surface area contributed by atoms with Crippen LogP contribution < -0.4 is 5.09 Å². The van der Waals surface area contributed by atoms with Gasteiger partial charge in [0.2, 0.25) is 0 Å². The van der Waals surface area contributed by atoms with Gasteiger partial charge in [0, 0.05) is 10.7 Å². The maximum Gasteiger partial charge on any atom is 0.432 e. The maximum atomic E-state index is 12.6. The van der Waals surface area contributed by atoms with Crippen molar-refractivity contribution in [2.75, 3.05) is 18.3 Å². The fraction of sp³-hybridized carbons (Fsp3) is 0.294. The second kappa shape index (κ2) is 6.66. The Bertz CT molecular complexity index is 768. The smallest absolute Gasteiger partial charge is 0.293 e. The van der Waals surface area contributed by atoms with E-state index in [-0.39, 0.29) is 0 Å². The molecule has 1 aliphatic carbocycles. The van der Waals surface area contributed by atoms with E-state index in [1.54, 1.807) is 13.8 Å². The highest BCUT2D eigenvalue weighted by Crippen LogP contribution is 2.48. The molecule has 1 aliphatic rings. The fourth-order valence-corrected chi connectivity index (χ4v) is 4.38. The molecule has 23 heavy (non-hydrogen) atoms. The SMILES string of the molecule is CCOP(=O)(Nc1ccc2c(c1)Cc1cc(Cl)ccc1-2)OCC. The zero-order chi connectivity index (χ0) is 16.4. The predicted molar refractivity (Wildman–Crippen MR) is 94.2 cm³/mol. The molecule has 0 unspecified atom stereocenters. The van der Waals surface area contributed by atoms with E-state index in [9.17, 15) is 4.57 Å². The first-order chi connectivity index (χ1) is 11.0. The summed E-state index contributed by atoms with van der Waals surface area (Å²) in [6, 6.07) is 11.9. The number of halogens is 1. The largest absolute Gasteiger partial charge is 0.432 e. The van der Waals surface area contributed by atoms with Gasteiger partial charge in [0.1, 0.15) is 0 Å². The monoisotopic (exact) mass is 351 g/mol. The van der Waals surface area contributed by atoms with Gasteiger partial charge in [-0.2, -0.15) is 0 Å². The second-order valence-corrected chi connectivity index (χ2v) is 7.47. The lowest BCUT2D eigenvalue weighted by Gasteiger charge is -2.19. The van der Waals surface area contributed by atoms with Crippen LogP contribution in [-0.4, -0.2) is 13.2 Å². The Morgan fingerprint density at radius 3 is 2.30 bits per heavy atom. The van der Waals surface area contributed by atoms with E-state index < -0.39 is 7.75 Å². The average molecular weight is 352 g/mol. The van der Waals surface area contributed by atoms with Crippen molar-refractivity contribution < 1.29 is 13.6 Å². The molecule has 2 aromatic rings. The lowest BCUT2D eigenvalue weighted by atomic mass is 10.1. The van der Waals surface area contributed by atoms with Gasteiger partial charge in [0.25, 0.3) is 0 Å². The first-order valence-electron chi connectivity index (χ1n) is 7.64.